The third kappa shape index (κ3) is 4.18. The summed E-state index contributed by atoms with van der Waals surface area (Å²) in [6.07, 6.45) is 2.49. The van der Waals surface area contributed by atoms with E-state index in [0.29, 0.717) is 19.6 Å². The Morgan fingerprint density at radius 2 is 2.05 bits per heavy atom. The van der Waals surface area contributed by atoms with Crippen LogP contribution >= 0.6 is 0 Å². The van der Waals surface area contributed by atoms with Crippen LogP contribution in [0.1, 0.15) is 20.3 Å². The summed E-state index contributed by atoms with van der Waals surface area (Å²) in [6.45, 7) is 5.63. The molecule has 1 saturated heterocycles. The highest BCUT2D eigenvalue weighted by Crippen LogP contribution is 2.21. The fourth-order valence-electron chi connectivity index (χ4n) is 2.52. The summed E-state index contributed by atoms with van der Waals surface area (Å²) in [5, 5.41) is 9.05. The van der Waals surface area contributed by atoms with Crippen molar-refractivity contribution < 1.29 is 8.42 Å². The fraction of sp³-hybridized carbons (Fsp3) is 0.600. The monoisotopic (exact) mass is 322 g/mol. The molecule has 1 aliphatic heterocycles. The first-order valence-corrected chi connectivity index (χ1v) is 9.00. The second-order valence-electron chi connectivity index (χ2n) is 6.18. The van der Waals surface area contributed by atoms with E-state index in [2.05, 4.69) is 16.0 Å². The van der Waals surface area contributed by atoms with Crippen molar-refractivity contribution in [2.24, 2.45) is 5.41 Å². The summed E-state index contributed by atoms with van der Waals surface area (Å²) in [6, 6.07) is 7.78. The quantitative estimate of drug-likeness (QED) is 0.839. The Balaban J connectivity index is 2.06. The second kappa shape index (κ2) is 6.63. The second-order valence-corrected chi connectivity index (χ2v) is 8.15. The molecule has 22 heavy (non-hydrogen) atoms. The molecule has 6 nitrogen and oxygen atoms in total. The molecule has 1 fully saturated rings. The van der Waals surface area contributed by atoms with Crippen LogP contribution in [-0.4, -0.2) is 49.6 Å². The van der Waals surface area contributed by atoms with Crippen molar-refractivity contribution in [2.45, 2.75) is 20.3 Å². The van der Waals surface area contributed by atoms with Crippen LogP contribution in [0.3, 0.4) is 0 Å². The van der Waals surface area contributed by atoms with Crippen LogP contribution in [0, 0.1) is 16.7 Å². The van der Waals surface area contributed by atoms with E-state index < -0.39 is 15.4 Å². The molecule has 0 unspecified atom stereocenters. The average Bonchev–Trinajstić information content (AvgIpc) is 2.74. The Kier molecular flexibility index (Phi) is 5.04. The van der Waals surface area contributed by atoms with Crippen LogP contribution in [0.4, 0.5) is 5.82 Å². The predicted molar refractivity (Wildman–Crippen MR) is 85.8 cm³/mol. The Labute approximate surface area is 132 Å². The van der Waals surface area contributed by atoms with Gasteiger partial charge in [0, 0.05) is 32.4 Å². The van der Waals surface area contributed by atoms with Gasteiger partial charge in [0.05, 0.1) is 17.2 Å². The zero-order valence-corrected chi connectivity index (χ0v) is 13.9. The molecule has 0 aromatic carbocycles. The Morgan fingerprint density at radius 1 is 1.27 bits per heavy atom. The summed E-state index contributed by atoms with van der Waals surface area (Å²) in [7, 11) is -3.42. The normalized spacial score (nSPS) is 17.8. The van der Waals surface area contributed by atoms with Gasteiger partial charge in [0.1, 0.15) is 5.82 Å². The third-order valence-corrected chi connectivity index (χ3v) is 5.91. The summed E-state index contributed by atoms with van der Waals surface area (Å²) < 4.78 is 26.5. The molecule has 0 N–H and O–H groups in total. The maximum absolute atomic E-state index is 12.5. The first kappa shape index (κ1) is 16.7. The summed E-state index contributed by atoms with van der Waals surface area (Å²) in [4.78, 5) is 6.42. The number of anilines is 1. The first-order chi connectivity index (χ1) is 10.3. The molecule has 0 spiro atoms. The molecular formula is C15H22N4O2S. The van der Waals surface area contributed by atoms with Gasteiger partial charge in [-0.2, -0.15) is 5.26 Å². The minimum Gasteiger partial charge on any atom is -0.355 e. The van der Waals surface area contributed by atoms with E-state index in [1.807, 2.05) is 18.2 Å². The van der Waals surface area contributed by atoms with E-state index >= 15 is 0 Å². The van der Waals surface area contributed by atoms with Crippen molar-refractivity contribution in [2.75, 3.05) is 36.8 Å². The fourth-order valence-corrected chi connectivity index (χ4v) is 4.45. The van der Waals surface area contributed by atoms with Gasteiger partial charge in [-0.05, 0) is 32.4 Å². The molecule has 0 atom stereocenters. The largest absolute Gasteiger partial charge is 0.355 e. The molecule has 0 saturated carbocycles. The lowest BCUT2D eigenvalue weighted by atomic mass is 10.00. The van der Waals surface area contributed by atoms with Gasteiger partial charge >= 0.3 is 0 Å². The van der Waals surface area contributed by atoms with Gasteiger partial charge in [-0.1, -0.05) is 6.07 Å². The van der Waals surface area contributed by atoms with Crippen LogP contribution in [-0.2, 0) is 10.0 Å². The van der Waals surface area contributed by atoms with Crippen molar-refractivity contribution in [1.29, 1.82) is 5.26 Å². The molecular weight excluding hydrogens is 300 g/mol. The molecule has 0 bridgehead atoms. The van der Waals surface area contributed by atoms with E-state index in [0.717, 1.165) is 18.8 Å². The summed E-state index contributed by atoms with van der Waals surface area (Å²) in [5.74, 6) is 0.735. The molecule has 1 aliphatic rings. The summed E-state index contributed by atoms with van der Waals surface area (Å²) in [5.41, 5.74) is -0.869. The molecule has 0 amide bonds. The van der Waals surface area contributed by atoms with Gasteiger partial charge in [0.25, 0.3) is 0 Å². The van der Waals surface area contributed by atoms with Crippen molar-refractivity contribution in [3.05, 3.63) is 24.4 Å². The maximum Gasteiger partial charge on any atom is 0.215 e. The maximum atomic E-state index is 12.5. The molecule has 120 valence electrons. The number of aromatic nitrogens is 1. The van der Waals surface area contributed by atoms with Crippen LogP contribution in [0.15, 0.2) is 24.4 Å². The van der Waals surface area contributed by atoms with Crippen molar-refractivity contribution in [1.82, 2.24) is 9.29 Å². The molecule has 1 aromatic heterocycles. The predicted octanol–water partition coefficient (Wildman–Crippen LogP) is 1.47. The number of nitriles is 1. The number of rotatable bonds is 4. The SMILES string of the molecule is CC(C)(C#N)CS(=O)(=O)N1CCCN(c2ccccn2)CC1. The smallest absolute Gasteiger partial charge is 0.215 e. The first-order valence-electron chi connectivity index (χ1n) is 7.39. The standard InChI is InChI=1S/C15H22N4O2S/c1-15(2,12-16)13-22(20,21)19-9-5-8-18(10-11-19)14-6-3-4-7-17-14/h3-4,6-7H,5,8-11,13H2,1-2H3. The van der Waals surface area contributed by atoms with Gasteiger partial charge in [-0.15, -0.1) is 0 Å². The molecule has 2 rings (SSSR count). The van der Waals surface area contributed by atoms with E-state index in [1.165, 1.54) is 4.31 Å². The lowest BCUT2D eigenvalue weighted by molar-refractivity contribution is 0.418. The number of sulfonamides is 1. The number of nitrogens with zero attached hydrogens (tertiary/aromatic N) is 4. The van der Waals surface area contributed by atoms with Crippen molar-refractivity contribution in [3.63, 3.8) is 0 Å². The Hall–Kier alpha value is -1.65. The number of hydrogen-bond acceptors (Lipinski definition) is 5. The molecule has 2 heterocycles. The molecule has 0 aliphatic carbocycles. The lowest BCUT2D eigenvalue weighted by Crippen LogP contribution is -2.39. The topological polar surface area (TPSA) is 77.3 Å². The van der Waals surface area contributed by atoms with Gasteiger partial charge in [0.2, 0.25) is 10.0 Å². The van der Waals surface area contributed by atoms with Crippen molar-refractivity contribution in [3.8, 4) is 6.07 Å². The molecule has 7 heteroatoms. The zero-order chi connectivity index (χ0) is 16.2. The number of hydrogen-bond donors (Lipinski definition) is 0. The van der Waals surface area contributed by atoms with Crippen LogP contribution in [0.2, 0.25) is 0 Å². The van der Waals surface area contributed by atoms with Crippen LogP contribution in [0.25, 0.3) is 0 Å². The van der Waals surface area contributed by atoms with E-state index in [9.17, 15) is 8.42 Å². The minimum atomic E-state index is -3.42. The van der Waals surface area contributed by atoms with Gasteiger partial charge in [-0.25, -0.2) is 17.7 Å². The highest BCUT2D eigenvalue weighted by molar-refractivity contribution is 7.89. The van der Waals surface area contributed by atoms with E-state index in [-0.39, 0.29) is 5.75 Å². The minimum absolute atomic E-state index is 0.139. The van der Waals surface area contributed by atoms with E-state index in [4.69, 9.17) is 5.26 Å². The lowest BCUT2D eigenvalue weighted by Gasteiger charge is -2.24. The highest BCUT2D eigenvalue weighted by Gasteiger charge is 2.32. The van der Waals surface area contributed by atoms with Gasteiger partial charge < -0.3 is 4.90 Å². The number of pyridine rings is 1. The Bertz CT molecular complexity index is 637. The van der Waals surface area contributed by atoms with Gasteiger partial charge in [0.15, 0.2) is 0 Å². The Morgan fingerprint density at radius 3 is 2.68 bits per heavy atom. The third-order valence-electron chi connectivity index (χ3n) is 3.67. The zero-order valence-electron chi connectivity index (χ0n) is 13.1. The average molecular weight is 322 g/mol. The van der Waals surface area contributed by atoms with Crippen LogP contribution in [0.5, 0.6) is 0 Å². The van der Waals surface area contributed by atoms with Crippen LogP contribution < -0.4 is 4.90 Å². The van der Waals surface area contributed by atoms with Crippen molar-refractivity contribution >= 4 is 15.8 Å². The van der Waals surface area contributed by atoms with Gasteiger partial charge in [-0.3, -0.25) is 0 Å². The highest BCUT2D eigenvalue weighted by atomic mass is 32.2. The summed E-state index contributed by atoms with van der Waals surface area (Å²) >= 11 is 0. The van der Waals surface area contributed by atoms with E-state index in [1.54, 1.807) is 20.0 Å². The molecule has 0 radical (unpaired) electrons. The molecule has 1 aromatic rings.